The summed E-state index contributed by atoms with van der Waals surface area (Å²) in [6.07, 6.45) is 0. The van der Waals surface area contributed by atoms with Gasteiger partial charge in [0.15, 0.2) is 0 Å². The molecular weight excluding hydrogens is 382 g/mol. The number of nitrogens with one attached hydrogen (secondary N) is 1. The van der Waals surface area contributed by atoms with Crippen molar-refractivity contribution in [1.29, 1.82) is 0 Å². The largest absolute Gasteiger partial charge is 0.369 e. The summed E-state index contributed by atoms with van der Waals surface area (Å²) in [7, 11) is 0. The SMILES string of the molecule is Cc1ccccc1N1CCN([C@H](C)C(=O)NC(c2ccccc2)c2ccccc2)CC1. The van der Waals surface area contributed by atoms with Gasteiger partial charge < -0.3 is 10.2 Å². The molecule has 3 aromatic carbocycles. The van der Waals surface area contributed by atoms with E-state index in [2.05, 4.69) is 70.6 Å². The van der Waals surface area contributed by atoms with Crippen molar-refractivity contribution >= 4 is 11.6 Å². The lowest BCUT2D eigenvalue weighted by Crippen LogP contribution is -2.54. The van der Waals surface area contributed by atoms with Crippen molar-refractivity contribution in [3.63, 3.8) is 0 Å². The maximum absolute atomic E-state index is 13.2. The molecule has 0 radical (unpaired) electrons. The first-order valence-electron chi connectivity index (χ1n) is 11.1. The van der Waals surface area contributed by atoms with Crippen molar-refractivity contribution in [2.24, 2.45) is 0 Å². The summed E-state index contributed by atoms with van der Waals surface area (Å²) in [6.45, 7) is 7.80. The van der Waals surface area contributed by atoms with Gasteiger partial charge in [0.05, 0.1) is 12.1 Å². The highest BCUT2D eigenvalue weighted by atomic mass is 16.2. The molecule has 4 nitrogen and oxygen atoms in total. The Hall–Kier alpha value is -3.11. The molecule has 0 saturated carbocycles. The van der Waals surface area contributed by atoms with E-state index < -0.39 is 0 Å². The molecule has 4 heteroatoms. The molecule has 0 aliphatic carbocycles. The summed E-state index contributed by atoms with van der Waals surface area (Å²) < 4.78 is 0. The molecule has 1 fully saturated rings. The van der Waals surface area contributed by atoms with Gasteiger partial charge in [0, 0.05) is 31.9 Å². The van der Waals surface area contributed by atoms with Crippen molar-refractivity contribution in [2.45, 2.75) is 25.9 Å². The zero-order chi connectivity index (χ0) is 21.6. The second-order valence-corrected chi connectivity index (χ2v) is 8.25. The summed E-state index contributed by atoms with van der Waals surface area (Å²) >= 11 is 0. The molecule has 0 unspecified atom stereocenters. The van der Waals surface area contributed by atoms with Crippen LogP contribution < -0.4 is 10.2 Å². The summed E-state index contributed by atoms with van der Waals surface area (Å²) in [5.74, 6) is 0.0713. The molecule has 160 valence electrons. The first-order valence-corrected chi connectivity index (χ1v) is 11.1. The van der Waals surface area contributed by atoms with Crippen LogP contribution in [0.15, 0.2) is 84.9 Å². The molecule has 4 rings (SSSR count). The summed E-state index contributed by atoms with van der Waals surface area (Å²) in [6, 6.07) is 28.6. The van der Waals surface area contributed by atoms with Crippen LogP contribution >= 0.6 is 0 Å². The van der Waals surface area contributed by atoms with Crippen molar-refractivity contribution in [3.05, 3.63) is 102 Å². The van der Waals surface area contributed by atoms with Crippen LogP contribution in [-0.4, -0.2) is 43.0 Å². The number of hydrogen-bond acceptors (Lipinski definition) is 3. The van der Waals surface area contributed by atoms with Gasteiger partial charge in [-0.05, 0) is 36.6 Å². The Balaban J connectivity index is 1.42. The lowest BCUT2D eigenvalue weighted by atomic mass is 9.98. The second-order valence-electron chi connectivity index (χ2n) is 8.25. The van der Waals surface area contributed by atoms with Crippen LogP contribution in [-0.2, 0) is 4.79 Å². The quantitative estimate of drug-likeness (QED) is 0.650. The molecule has 31 heavy (non-hydrogen) atoms. The topological polar surface area (TPSA) is 35.6 Å². The summed E-state index contributed by atoms with van der Waals surface area (Å²) in [5, 5.41) is 3.30. The molecule has 1 heterocycles. The highest BCUT2D eigenvalue weighted by molar-refractivity contribution is 5.82. The lowest BCUT2D eigenvalue weighted by molar-refractivity contribution is -0.126. The van der Waals surface area contributed by atoms with Gasteiger partial charge in [0.2, 0.25) is 5.91 Å². The molecular formula is C27H31N3O. The molecule has 1 aliphatic heterocycles. The Bertz CT molecular complexity index is 942. The molecule has 0 spiro atoms. The fourth-order valence-electron chi connectivity index (χ4n) is 4.35. The number of anilines is 1. The maximum atomic E-state index is 13.2. The third-order valence-corrected chi connectivity index (χ3v) is 6.25. The van der Waals surface area contributed by atoms with Gasteiger partial charge in [-0.2, -0.15) is 0 Å². The average molecular weight is 414 g/mol. The second kappa shape index (κ2) is 9.80. The van der Waals surface area contributed by atoms with Gasteiger partial charge in [0.25, 0.3) is 0 Å². The van der Waals surface area contributed by atoms with E-state index >= 15 is 0 Å². The van der Waals surface area contributed by atoms with E-state index in [0.29, 0.717) is 0 Å². The van der Waals surface area contributed by atoms with E-state index in [4.69, 9.17) is 0 Å². The molecule has 1 amide bonds. The Morgan fingerprint density at radius 1 is 0.774 bits per heavy atom. The molecule has 0 bridgehead atoms. The zero-order valence-electron chi connectivity index (χ0n) is 18.4. The number of aryl methyl sites for hydroxylation is 1. The number of carbonyl (C=O) groups excluding carboxylic acids is 1. The number of hydrogen-bond donors (Lipinski definition) is 1. The van der Waals surface area contributed by atoms with Crippen LogP contribution in [0.25, 0.3) is 0 Å². The fourth-order valence-corrected chi connectivity index (χ4v) is 4.35. The van der Waals surface area contributed by atoms with Crippen molar-refractivity contribution < 1.29 is 4.79 Å². The molecule has 1 saturated heterocycles. The van der Waals surface area contributed by atoms with Crippen molar-refractivity contribution in [2.75, 3.05) is 31.1 Å². The molecule has 1 atom stereocenters. The first kappa shape index (κ1) is 21.1. The van der Waals surface area contributed by atoms with Gasteiger partial charge >= 0.3 is 0 Å². The average Bonchev–Trinajstić information content (AvgIpc) is 2.83. The minimum absolute atomic E-state index is 0.0713. The lowest BCUT2D eigenvalue weighted by Gasteiger charge is -2.39. The normalized spacial score (nSPS) is 15.6. The monoisotopic (exact) mass is 413 g/mol. The first-order chi connectivity index (χ1) is 15.1. The Kier molecular flexibility index (Phi) is 6.68. The Morgan fingerprint density at radius 2 is 1.29 bits per heavy atom. The van der Waals surface area contributed by atoms with Crippen LogP contribution in [0, 0.1) is 6.92 Å². The number of amides is 1. The van der Waals surface area contributed by atoms with Crippen molar-refractivity contribution in [3.8, 4) is 0 Å². The van der Waals surface area contributed by atoms with E-state index in [1.165, 1.54) is 11.3 Å². The number of piperazine rings is 1. The zero-order valence-corrected chi connectivity index (χ0v) is 18.4. The van der Waals surface area contributed by atoms with Crippen LogP contribution in [0.3, 0.4) is 0 Å². The standard InChI is InChI=1S/C27H31N3O/c1-21-11-9-10-16-25(21)30-19-17-29(18-20-30)22(2)27(31)28-26(23-12-5-3-6-13-23)24-14-7-4-8-15-24/h3-16,22,26H,17-20H2,1-2H3,(H,28,31)/t22-/m1/s1. The van der Waals surface area contributed by atoms with Crippen LogP contribution in [0.1, 0.15) is 29.7 Å². The number of rotatable bonds is 6. The van der Waals surface area contributed by atoms with E-state index in [9.17, 15) is 4.79 Å². The van der Waals surface area contributed by atoms with Gasteiger partial charge in [0.1, 0.15) is 0 Å². The number of benzene rings is 3. The molecule has 1 N–H and O–H groups in total. The molecule has 1 aliphatic rings. The predicted octanol–water partition coefficient (Wildman–Crippen LogP) is 4.41. The third-order valence-electron chi connectivity index (χ3n) is 6.25. The number of nitrogens with zero attached hydrogens (tertiary/aromatic N) is 2. The minimum atomic E-state index is -0.172. The van der Waals surface area contributed by atoms with E-state index in [-0.39, 0.29) is 18.0 Å². The van der Waals surface area contributed by atoms with Crippen molar-refractivity contribution in [1.82, 2.24) is 10.2 Å². The number of para-hydroxylation sites is 1. The maximum Gasteiger partial charge on any atom is 0.237 e. The molecule has 0 aromatic heterocycles. The van der Waals surface area contributed by atoms with Gasteiger partial charge in [-0.3, -0.25) is 9.69 Å². The number of carbonyl (C=O) groups is 1. The minimum Gasteiger partial charge on any atom is -0.369 e. The van der Waals surface area contributed by atoms with Crippen LogP contribution in [0.5, 0.6) is 0 Å². The fraction of sp³-hybridized carbons (Fsp3) is 0.296. The van der Waals surface area contributed by atoms with E-state index in [1.54, 1.807) is 0 Å². The highest BCUT2D eigenvalue weighted by Gasteiger charge is 2.28. The summed E-state index contributed by atoms with van der Waals surface area (Å²) in [5.41, 5.74) is 4.79. The van der Waals surface area contributed by atoms with Crippen LogP contribution in [0.2, 0.25) is 0 Å². The van der Waals surface area contributed by atoms with Crippen LogP contribution in [0.4, 0.5) is 5.69 Å². The predicted molar refractivity (Wildman–Crippen MR) is 127 cm³/mol. The summed E-state index contributed by atoms with van der Waals surface area (Å²) in [4.78, 5) is 18.0. The third kappa shape index (κ3) is 4.97. The van der Waals surface area contributed by atoms with E-state index in [1.807, 2.05) is 43.3 Å². The van der Waals surface area contributed by atoms with Gasteiger partial charge in [-0.1, -0.05) is 78.9 Å². The van der Waals surface area contributed by atoms with Gasteiger partial charge in [-0.15, -0.1) is 0 Å². The highest BCUT2D eigenvalue weighted by Crippen LogP contribution is 2.24. The Labute approximate surface area is 185 Å². The van der Waals surface area contributed by atoms with E-state index in [0.717, 1.165) is 37.3 Å². The van der Waals surface area contributed by atoms with Gasteiger partial charge in [-0.25, -0.2) is 0 Å². The smallest absolute Gasteiger partial charge is 0.237 e. The molecule has 3 aromatic rings. The Morgan fingerprint density at radius 3 is 1.84 bits per heavy atom.